The number of nitrogens with zero attached hydrogens (tertiary/aromatic N) is 2. The number of aryl methyl sites for hydroxylation is 2. The lowest BCUT2D eigenvalue weighted by Crippen LogP contribution is -2.39. The van der Waals surface area contributed by atoms with Crippen LogP contribution >= 0.6 is 11.8 Å². The highest BCUT2D eigenvalue weighted by Gasteiger charge is 2.26. The van der Waals surface area contributed by atoms with Crippen molar-refractivity contribution in [1.82, 2.24) is 4.98 Å². The molecule has 158 valence electrons. The Labute approximate surface area is 183 Å². The van der Waals surface area contributed by atoms with Crippen LogP contribution in [-0.2, 0) is 0 Å². The van der Waals surface area contributed by atoms with Crippen LogP contribution in [-0.4, -0.2) is 29.2 Å². The molecule has 31 heavy (non-hydrogen) atoms. The first-order valence-electron chi connectivity index (χ1n) is 9.77. The third-order valence-electron chi connectivity index (χ3n) is 4.81. The molecule has 1 aromatic heterocycles. The number of nitrogens with one attached hydrogen (secondary N) is 2. The van der Waals surface area contributed by atoms with Gasteiger partial charge in [-0.2, -0.15) is 0 Å². The molecule has 0 aliphatic carbocycles. The van der Waals surface area contributed by atoms with Crippen LogP contribution in [0.3, 0.4) is 0 Å². The number of anilines is 3. The number of halogens is 1. The average molecular weight is 437 g/mol. The highest BCUT2D eigenvalue weighted by molar-refractivity contribution is 7.99. The molecule has 0 atom stereocenters. The van der Waals surface area contributed by atoms with Crippen LogP contribution in [0.1, 0.15) is 21.6 Å². The number of carbonyl (C=O) groups is 2. The smallest absolute Gasteiger partial charge is 0.322 e. The molecule has 0 bridgehead atoms. The molecule has 8 heteroatoms. The number of hydrogen-bond acceptors (Lipinski definition) is 4. The molecule has 0 saturated carbocycles. The fourth-order valence-electron chi connectivity index (χ4n) is 3.47. The molecule has 0 fully saturated rings. The maximum atomic E-state index is 13.4. The van der Waals surface area contributed by atoms with Crippen LogP contribution in [0.4, 0.5) is 26.2 Å². The summed E-state index contributed by atoms with van der Waals surface area (Å²) in [7, 11) is 0. The SMILES string of the molecule is Cc1cc(C)c2c(n1)SCCN2C(=O)Nc1cccc(C(=O)Nc2cccc(F)c2)c1. The van der Waals surface area contributed by atoms with E-state index in [2.05, 4.69) is 15.6 Å². The highest BCUT2D eigenvalue weighted by atomic mass is 32.2. The Morgan fingerprint density at radius 3 is 2.55 bits per heavy atom. The van der Waals surface area contributed by atoms with E-state index in [1.54, 1.807) is 47.0 Å². The number of pyridine rings is 1. The second kappa shape index (κ2) is 8.77. The van der Waals surface area contributed by atoms with Crippen LogP contribution in [0, 0.1) is 19.7 Å². The van der Waals surface area contributed by atoms with Crippen molar-refractivity contribution in [1.29, 1.82) is 0 Å². The van der Waals surface area contributed by atoms with Crippen LogP contribution < -0.4 is 15.5 Å². The van der Waals surface area contributed by atoms with Gasteiger partial charge in [-0.15, -0.1) is 11.8 Å². The van der Waals surface area contributed by atoms with Crippen molar-refractivity contribution >= 4 is 40.8 Å². The molecule has 1 aliphatic heterocycles. The summed E-state index contributed by atoms with van der Waals surface area (Å²) in [6.07, 6.45) is 0. The molecule has 0 spiro atoms. The summed E-state index contributed by atoms with van der Waals surface area (Å²) in [5.41, 5.74) is 3.94. The van der Waals surface area contributed by atoms with E-state index < -0.39 is 11.7 Å². The zero-order valence-electron chi connectivity index (χ0n) is 17.1. The standard InChI is InChI=1S/C23H21FN4O2S/c1-14-11-15(2)25-22-20(14)28(9-10-31-22)23(30)27-18-7-3-5-16(12-18)21(29)26-19-8-4-6-17(24)13-19/h3-8,11-13H,9-10H2,1-2H3,(H,26,29)(H,27,30). The fourth-order valence-corrected chi connectivity index (χ4v) is 4.56. The molecule has 2 aromatic carbocycles. The molecule has 0 unspecified atom stereocenters. The van der Waals surface area contributed by atoms with Gasteiger partial charge in [0.25, 0.3) is 5.91 Å². The number of hydrogen-bond donors (Lipinski definition) is 2. The van der Waals surface area contributed by atoms with Crippen LogP contribution in [0.25, 0.3) is 0 Å². The lowest BCUT2D eigenvalue weighted by Gasteiger charge is -2.30. The van der Waals surface area contributed by atoms with E-state index >= 15 is 0 Å². The van der Waals surface area contributed by atoms with E-state index in [0.29, 0.717) is 23.5 Å². The van der Waals surface area contributed by atoms with Crippen LogP contribution in [0.5, 0.6) is 0 Å². The molecule has 0 radical (unpaired) electrons. The zero-order valence-corrected chi connectivity index (χ0v) is 17.9. The van der Waals surface area contributed by atoms with Gasteiger partial charge < -0.3 is 10.6 Å². The lowest BCUT2D eigenvalue weighted by molar-refractivity contribution is 0.102. The maximum Gasteiger partial charge on any atom is 0.326 e. The minimum absolute atomic E-state index is 0.280. The molecular formula is C23H21FN4O2S. The zero-order chi connectivity index (χ0) is 22.0. The quantitative estimate of drug-likeness (QED) is 0.589. The third kappa shape index (κ3) is 4.69. The van der Waals surface area contributed by atoms with E-state index in [0.717, 1.165) is 27.7 Å². The Balaban J connectivity index is 1.51. The van der Waals surface area contributed by atoms with Gasteiger partial charge in [-0.05, 0) is 61.9 Å². The minimum Gasteiger partial charge on any atom is -0.322 e. The van der Waals surface area contributed by atoms with Gasteiger partial charge in [0.05, 0.1) is 5.69 Å². The summed E-state index contributed by atoms with van der Waals surface area (Å²) >= 11 is 1.64. The molecule has 1 aliphatic rings. The topological polar surface area (TPSA) is 74.3 Å². The summed E-state index contributed by atoms with van der Waals surface area (Å²) < 4.78 is 13.4. The van der Waals surface area contributed by atoms with Gasteiger partial charge >= 0.3 is 6.03 Å². The van der Waals surface area contributed by atoms with E-state index in [4.69, 9.17) is 0 Å². The molecule has 3 aromatic rings. The van der Waals surface area contributed by atoms with E-state index in [-0.39, 0.29) is 6.03 Å². The van der Waals surface area contributed by atoms with Crippen molar-refractivity contribution in [3.05, 3.63) is 77.2 Å². The van der Waals surface area contributed by atoms with Crippen LogP contribution in [0.2, 0.25) is 0 Å². The molecule has 2 N–H and O–H groups in total. The van der Waals surface area contributed by atoms with E-state index in [1.807, 2.05) is 19.9 Å². The number of thioether (sulfide) groups is 1. The van der Waals surface area contributed by atoms with E-state index in [9.17, 15) is 14.0 Å². The maximum absolute atomic E-state index is 13.4. The normalized spacial score (nSPS) is 12.8. The molecular weight excluding hydrogens is 415 g/mol. The number of benzene rings is 2. The number of rotatable bonds is 3. The van der Waals surface area contributed by atoms with Gasteiger partial charge in [0.15, 0.2) is 0 Å². The Kier molecular flexibility index (Phi) is 5.90. The third-order valence-corrected chi connectivity index (χ3v) is 5.75. The summed E-state index contributed by atoms with van der Waals surface area (Å²) in [5, 5.41) is 6.38. The highest BCUT2D eigenvalue weighted by Crippen LogP contribution is 2.36. The van der Waals surface area contributed by atoms with Crippen LogP contribution in [0.15, 0.2) is 59.6 Å². The predicted molar refractivity (Wildman–Crippen MR) is 122 cm³/mol. The summed E-state index contributed by atoms with van der Waals surface area (Å²) in [6.45, 7) is 4.47. The molecule has 3 amide bonds. The average Bonchev–Trinajstić information content (AvgIpc) is 2.73. The van der Waals surface area contributed by atoms with Gasteiger partial charge in [-0.3, -0.25) is 9.69 Å². The Bertz CT molecular complexity index is 1170. The first kappa shape index (κ1) is 20.9. The number of aromatic nitrogens is 1. The first-order chi connectivity index (χ1) is 14.9. The Morgan fingerprint density at radius 1 is 1.03 bits per heavy atom. The van der Waals surface area contributed by atoms with Gasteiger partial charge in [0.1, 0.15) is 10.8 Å². The Morgan fingerprint density at radius 2 is 1.77 bits per heavy atom. The predicted octanol–water partition coefficient (Wildman–Crippen LogP) is 5.23. The monoisotopic (exact) mass is 436 g/mol. The van der Waals surface area contributed by atoms with Crippen molar-refractivity contribution in [2.45, 2.75) is 18.9 Å². The Hall–Kier alpha value is -3.39. The molecule has 0 saturated heterocycles. The van der Waals surface area contributed by atoms with E-state index in [1.165, 1.54) is 18.2 Å². The van der Waals surface area contributed by atoms with Crippen molar-refractivity contribution in [3.63, 3.8) is 0 Å². The van der Waals surface area contributed by atoms with Crippen molar-refractivity contribution in [3.8, 4) is 0 Å². The van der Waals surface area contributed by atoms with Crippen molar-refractivity contribution < 1.29 is 14.0 Å². The summed E-state index contributed by atoms with van der Waals surface area (Å²) in [5.74, 6) is -0.0671. The van der Waals surface area contributed by atoms with Crippen molar-refractivity contribution in [2.24, 2.45) is 0 Å². The van der Waals surface area contributed by atoms with Gasteiger partial charge in [-0.25, -0.2) is 14.2 Å². The van der Waals surface area contributed by atoms with Gasteiger partial charge in [-0.1, -0.05) is 12.1 Å². The van der Waals surface area contributed by atoms with Crippen molar-refractivity contribution in [2.75, 3.05) is 27.8 Å². The van der Waals surface area contributed by atoms with Gasteiger partial charge in [0, 0.05) is 34.9 Å². The number of amides is 3. The molecule has 2 heterocycles. The molecule has 6 nitrogen and oxygen atoms in total. The largest absolute Gasteiger partial charge is 0.326 e. The number of urea groups is 1. The lowest BCUT2D eigenvalue weighted by atomic mass is 10.1. The first-order valence-corrected chi connectivity index (χ1v) is 10.8. The second-order valence-corrected chi connectivity index (χ2v) is 8.29. The number of carbonyl (C=O) groups excluding carboxylic acids is 2. The van der Waals surface area contributed by atoms with Gasteiger partial charge in [0.2, 0.25) is 0 Å². The summed E-state index contributed by atoms with van der Waals surface area (Å²) in [6, 6.07) is 14.0. The molecule has 4 rings (SSSR count). The number of fused-ring (bicyclic) bond motifs is 1. The fraction of sp³-hybridized carbons (Fsp3) is 0.174. The summed E-state index contributed by atoms with van der Waals surface area (Å²) in [4.78, 5) is 31.8. The minimum atomic E-state index is -0.432. The second-order valence-electron chi connectivity index (χ2n) is 7.21.